The maximum absolute atomic E-state index is 12.4. The molecule has 1 aliphatic heterocycles. The normalized spacial score (nSPS) is 14.4. The second-order valence-corrected chi connectivity index (χ2v) is 4.91. The van der Waals surface area contributed by atoms with Crippen LogP contribution in [-0.2, 0) is 0 Å². The van der Waals surface area contributed by atoms with E-state index in [2.05, 4.69) is 0 Å². The highest BCUT2D eigenvalue weighted by molar-refractivity contribution is 6.14. The zero-order valence-corrected chi connectivity index (χ0v) is 13.1. The Bertz CT molecular complexity index is 792. The molecule has 2 aromatic carbocycles. The highest BCUT2D eigenvalue weighted by atomic mass is 16.5. The van der Waals surface area contributed by atoms with Gasteiger partial charge in [-0.15, -0.1) is 0 Å². The van der Waals surface area contributed by atoms with Gasteiger partial charge in [0.05, 0.1) is 26.9 Å². The van der Waals surface area contributed by atoms with Gasteiger partial charge in [0.25, 0.3) is 0 Å². The van der Waals surface area contributed by atoms with Gasteiger partial charge in [0.1, 0.15) is 23.0 Å². The van der Waals surface area contributed by atoms with E-state index in [-0.39, 0.29) is 11.5 Å². The lowest BCUT2D eigenvalue weighted by Gasteiger charge is -2.08. The van der Waals surface area contributed by atoms with Gasteiger partial charge in [-0.1, -0.05) is 0 Å². The van der Waals surface area contributed by atoms with Crippen LogP contribution in [-0.4, -0.2) is 27.1 Å². The SMILES string of the molecule is COc1ccc(OC)c(C=C2Oc3cc(OC)ccc3C2=O)c1. The van der Waals surface area contributed by atoms with Crippen LogP contribution >= 0.6 is 0 Å². The number of ketones is 1. The van der Waals surface area contributed by atoms with Crippen molar-refractivity contribution in [2.45, 2.75) is 0 Å². The Labute approximate surface area is 134 Å². The lowest BCUT2D eigenvalue weighted by Crippen LogP contribution is -1.99. The number of hydrogen-bond donors (Lipinski definition) is 0. The number of rotatable bonds is 4. The first-order chi connectivity index (χ1) is 11.2. The van der Waals surface area contributed by atoms with Crippen LogP contribution in [0.5, 0.6) is 23.0 Å². The zero-order chi connectivity index (χ0) is 16.4. The monoisotopic (exact) mass is 312 g/mol. The summed E-state index contributed by atoms with van der Waals surface area (Å²) in [4.78, 5) is 12.4. The smallest absolute Gasteiger partial charge is 0.231 e. The number of hydrogen-bond acceptors (Lipinski definition) is 5. The molecular weight excluding hydrogens is 296 g/mol. The molecule has 1 aliphatic rings. The van der Waals surface area contributed by atoms with E-state index in [4.69, 9.17) is 18.9 Å². The van der Waals surface area contributed by atoms with Gasteiger partial charge < -0.3 is 18.9 Å². The van der Waals surface area contributed by atoms with Gasteiger partial charge in [-0.2, -0.15) is 0 Å². The molecule has 0 aliphatic carbocycles. The molecule has 3 rings (SSSR count). The van der Waals surface area contributed by atoms with E-state index in [0.717, 1.165) is 0 Å². The van der Waals surface area contributed by atoms with Gasteiger partial charge in [-0.3, -0.25) is 4.79 Å². The molecule has 118 valence electrons. The number of Topliss-reactive ketones (excluding diaryl/α,β-unsaturated/α-hetero) is 1. The van der Waals surface area contributed by atoms with E-state index in [1.165, 1.54) is 0 Å². The molecule has 0 unspecified atom stereocenters. The Kier molecular flexibility index (Phi) is 3.93. The first-order valence-corrected chi connectivity index (χ1v) is 7.00. The molecule has 23 heavy (non-hydrogen) atoms. The third kappa shape index (κ3) is 2.73. The number of benzene rings is 2. The molecule has 0 bridgehead atoms. The quantitative estimate of drug-likeness (QED) is 0.811. The molecule has 0 N–H and O–H groups in total. The Morgan fingerprint density at radius 1 is 0.913 bits per heavy atom. The van der Waals surface area contributed by atoms with Crippen LogP contribution in [0.1, 0.15) is 15.9 Å². The van der Waals surface area contributed by atoms with Crippen molar-refractivity contribution in [1.29, 1.82) is 0 Å². The first kappa shape index (κ1) is 15.0. The minimum atomic E-state index is -0.174. The van der Waals surface area contributed by atoms with Crippen molar-refractivity contribution in [3.8, 4) is 23.0 Å². The van der Waals surface area contributed by atoms with Crippen molar-refractivity contribution in [3.63, 3.8) is 0 Å². The van der Waals surface area contributed by atoms with Crippen LogP contribution in [0.15, 0.2) is 42.2 Å². The van der Waals surface area contributed by atoms with Crippen molar-refractivity contribution in [2.24, 2.45) is 0 Å². The second kappa shape index (κ2) is 6.04. The Hall–Kier alpha value is -2.95. The molecule has 0 spiro atoms. The molecule has 2 aromatic rings. The predicted octanol–water partition coefficient (Wildman–Crippen LogP) is 3.33. The van der Waals surface area contributed by atoms with Crippen LogP contribution in [0.3, 0.4) is 0 Å². The van der Waals surface area contributed by atoms with Crippen molar-refractivity contribution in [2.75, 3.05) is 21.3 Å². The first-order valence-electron chi connectivity index (χ1n) is 7.00. The second-order valence-electron chi connectivity index (χ2n) is 4.91. The summed E-state index contributed by atoms with van der Waals surface area (Å²) in [6, 6.07) is 10.5. The summed E-state index contributed by atoms with van der Waals surface area (Å²) < 4.78 is 21.3. The Balaban J connectivity index is 2.00. The average Bonchev–Trinajstić information content (AvgIpc) is 2.90. The molecular formula is C18H16O5. The van der Waals surface area contributed by atoms with Gasteiger partial charge in [-0.05, 0) is 36.4 Å². The molecule has 0 amide bonds. The number of carbonyl (C=O) groups excluding carboxylic acids is 1. The standard InChI is InChI=1S/C18H16O5/c1-20-12-5-7-15(22-3)11(8-12)9-17-18(19)14-6-4-13(21-2)10-16(14)23-17/h4-10H,1-3H3. The van der Waals surface area contributed by atoms with Gasteiger partial charge in [0.2, 0.25) is 5.78 Å². The summed E-state index contributed by atoms with van der Waals surface area (Å²) in [5.74, 6) is 2.48. The average molecular weight is 312 g/mol. The minimum Gasteiger partial charge on any atom is -0.497 e. The summed E-state index contributed by atoms with van der Waals surface area (Å²) in [6.45, 7) is 0. The van der Waals surface area contributed by atoms with Crippen molar-refractivity contribution in [3.05, 3.63) is 53.3 Å². The topological polar surface area (TPSA) is 54.0 Å². The molecule has 5 heteroatoms. The molecule has 5 nitrogen and oxygen atoms in total. The zero-order valence-electron chi connectivity index (χ0n) is 13.1. The summed E-state index contributed by atoms with van der Waals surface area (Å²) in [5.41, 5.74) is 1.22. The van der Waals surface area contributed by atoms with E-state index in [0.29, 0.717) is 34.1 Å². The Morgan fingerprint density at radius 2 is 1.61 bits per heavy atom. The third-order valence-corrected chi connectivity index (χ3v) is 3.60. The van der Waals surface area contributed by atoms with E-state index < -0.39 is 0 Å². The number of ether oxygens (including phenoxy) is 4. The van der Waals surface area contributed by atoms with Gasteiger partial charge in [-0.25, -0.2) is 0 Å². The van der Waals surface area contributed by atoms with Gasteiger partial charge in [0.15, 0.2) is 5.76 Å². The predicted molar refractivity (Wildman–Crippen MR) is 85.5 cm³/mol. The molecule has 0 aromatic heterocycles. The summed E-state index contributed by atoms with van der Waals surface area (Å²) >= 11 is 0. The largest absolute Gasteiger partial charge is 0.497 e. The van der Waals surface area contributed by atoms with E-state index in [1.807, 2.05) is 0 Å². The molecule has 0 fully saturated rings. The van der Waals surface area contributed by atoms with Crippen LogP contribution in [0.4, 0.5) is 0 Å². The van der Waals surface area contributed by atoms with Crippen LogP contribution in [0, 0.1) is 0 Å². The van der Waals surface area contributed by atoms with Gasteiger partial charge >= 0.3 is 0 Å². The fourth-order valence-corrected chi connectivity index (χ4v) is 2.39. The Morgan fingerprint density at radius 3 is 2.30 bits per heavy atom. The maximum atomic E-state index is 12.4. The lowest BCUT2D eigenvalue weighted by molar-refractivity contribution is 0.101. The number of fused-ring (bicyclic) bond motifs is 1. The molecule has 0 saturated heterocycles. The van der Waals surface area contributed by atoms with Crippen molar-refractivity contribution >= 4 is 11.9 Å². The highest BCUT2D eigenvalue weighted by Gasteiger charge is 2.28. The molecule has 0 atom stereocenters. The maximum Gasteiger partial charge on any atom is 0.231 e. The van der Waals surface area contributed by atoms with Gasteiger partial charge in [0, 0.05) is 11.6 Å². The molecule has 1 heterocycles. The summed E-state index contributed by atoms with van der Waals surface area (Å²) in [7, 11) is 4.72. The number of allylic oxidation sites excluding steroid dienone is 1. The molecule has 0 saturated carbocycles. The fraction of sp³-hybridized carbons (Fsp3) is 0.167. The fourth-order valence-electron chi connectivity index (χ4n) is 2.39. The van der Waals surface area contributed by atoms with Crippen LogP contribution in [0.2, 0.25) is 0 Å². The van der Waals surface area contributed by atoms with E-state index in [9.17, 15) is 4.79 Å². The molecule has 0 radical (unpaired) electrons. The lowest BCUT2D eigenvalue weighted by atomic mass is 10.1. The third-order valence-electron chi connectivity index (χ3n) is 3.60. The number of methoxy groups -OCH3 is 3. The summed E-state index contributed by atoms with van der Waals surface area (Å²) in [6.07, 6.45) is 1.65. The van der Waals surface area contributed by atoms with Crippen LogP contribution in [0.25, 0.3) is 6.08 Å². The summed E-state index contributed by atoms with van der Waals surface area (Å²) in [5, 5.41) is 0. The number of carbonyl (C=O) groups is 1. The van der Waals surface area contributed by atoms with Crippen molar-refractivity contribution in [1.82, 2.24) is 0 Å². The highest BCUT2D eigenvalue weighted by Crippen LogP contribution is 2.36. The van der Waals surface area contributed by atoms with E-state index >= 15 is 0 Å². The van der Waals surface area contributed by atoms with Crippen molar-refractivity contribution < 1.29 is 23.7 Å². The minimum absolute atomic E-state index is 0.174. The van der Waals surface area contributed by atoms with Crippen LogP contribution < -0.4 is 18.9 Å². The van der Waals surface area contributed by atoms with E-state index in [1.54, 1.807) is 63.8 Å².